The number of halogens is 1. The summed E-state index contributed by atoms with van der Waals surface area (Å²) < 4.78 is 17.6. The molecule has 0 atom stereocenters. The number of hydrogen-bond acceptors (Lipinski definition) is 5. The Balaban J connectivity index is 2.16. The van der Waals surface area contributed by atoms with Crippen molar-refractivity contribution in [3.05, 3.63) is 47.9 Å². The third-order valence-electron chi connectivity index (χ3n) is 1.94. The van der Waals surface area contributed by atoms with Crippen molar-refractivity contribution in [1.82, 2.24) is 9.97 Å². The zero-order valence-corrected chi connectivity index (χ0v) is 8.63. The van der Waals surface area contributed by atoms with Crippen molar-refractivity contribution >= 4 is 11.8 Å². The lowest BCUT2D eigenvalue weighted by atomic mass is 10.2. The topological polar surface area (TPSA) is 78.1 Å². The minimum atomic E-state index is -0.760. The quantitative estimate of drug-likeness (QED) is 0.793. The fourth-order valence-corrected chi connectivity index (χ4v) is 1.13. The van der Waals surface area contributed by atoms with E-state index in [4.69, 9.17) is 10.5 Å². The Morgan fingerprint density at radius 3 is 2.65 bits per heavy atom. The second kappa shape index (κ2) is 4.56. The van der Waals surface area contributed by atoms with Crippen LogP contribution in [-0.2, 0) is 0 Å². The molecule has 0 fully saturated rings. The number of hydrogen-bond donors (Lipinski definition) is 1. The summed E-state index contributed by atoms with van der Waals surface area (Å²) >= 11 is 0. The number of rotatable bonds is 2. The number of nitrogen functional groups attached to an aromatic ring is 1. The molecule has 0 aliphatic rings. The van der Waals surface area contributed by atoms with E-state index in [0.29, 0.717) is 5.56 Å². The lowest BCUT2D eigenvalue weighted by molar-refractivity contribution is 0.0719. The number of ether oxygens (including phenoxy) is 1. The summed E-state index contributed by atoms with van der Waals surface area (Å²) in [6.45, 7) is 0. The summed E-state index contributed by atoms with van der Waals surface area (Å²) in [6, 6.07) is 8.03. The highest BCUT2D eigenvalue weighted by atomic mass is 19.1. The van der Waals surface area contributed by atoms with Gasteiger partial charge < -0.3 is 10.5 Å². The molecule has 1 aromatic heterocycles. The van der Waals surface area contributed by atoms with Gasteiger partial charge in [0.25, 0.3) is 0 Å². The zero-order chi connectivity index (χ0) is 12.3. The second-order valence-electron chi connectivity index (χ2n) is 3.14. The van der Waals surface area contributed by atoms with E-state index in [9.17, 15) is 9.18 Å². The van der Waals surface area contributed by atoms with E-state index in [-0.39, 0.29) is 11.8 Å². The zero-order valence-electron chi connectivity index (χ0n) is 8.63. The highest BCUT2D eigenvalue weighted by Crippen LogP contribution is 2.11. The van der Waals surface area contributed by atoms with Gasteiger partial charge in [0.05, 0.1) is 11.8 Å². The number of benzene rings is 1. The van der Waals surface area contributed by atoms with E-state index in [1.165, 1.54) is 0 Å². The predicted molar refractivity (Wildman–Crippen MR) is 57.8 cm³/mol. The Morgan fingerprint density at radius 1 is 1.29 bits per heavy atom. The number of aromatic nitrogens is 2. The van der Waals surface area contributed by atoms with Crippen LogP contribution in [0.2, 0.25) is 0 Å². The predicted octanol–water partition coefficient (Wildman–Crippen LogP) is 1.42. The van der Waals surface area contributed by atoms with Gasteiger partial charge in [-0.05, 0) is 12.1 Å². The number of nitrogens with two attached hydrogens (primary N) is 1. The number of esters is 1. The third kappa shape index (κ3) is 2.54. The molecule has 0 amide bonds. The molecule has 0 radical (unpaired) electrons. The Hall–Kier alpha value is -2.50. The van der Waals surface area contributed by atoms with Crippen LogP contribution in [0, 0.1) is 5.82 Å². The van der Waals surface area contributed by atoms with Gasteiger partial charge >= 0.3 is 12.0 Å². The van der Waals surface area contributed by atoms with Crippen LogP contribution >= 0.6 is 0 Å². The average Bonchev–Trinajstić information content (AvgIpc) is 2.35. The molecule has 1 heterocycles. The largest absolute Gasteiger partial charge is 0.387 e. The van der Waals surface area contributed by atoms with E-state index in [0.717, 1.165) is 6.20 Å². The summed E-state index contributed by atoms with van der Waals surface area (Å²) in [4.78, 5) is 18.6. The van der Waals surface area contributed by atoms with Gasteiger partial charge in [-0.1, -0.05) is 18.2 Å². The van der Waals surface area contributed by atoms with Gasteiger partial charge in [0.1, 0.15) is 0 Å². The monoisotopic (exact) mass is 233 g/mol. The molecule has 0 saturated heterocycles. The number of nitrogens with zero attached hydrogens (tertiary/aromatic N) is 2. The molecule has 2 rings (SSSR count). The standard InChI is InChI=1S/C11H8FN3O2/c12-8-6-14-11(15-9(8)13)17-10(16)7-4-2-1-3-5-7/h1-6H,(H2,13,14,15). The van der Waals surface area contributed by atoms with E-state index in [1.54, 1.807) is 30.3 Å². The molecule has 0 aliphatic heterocycles. The lowest BCUT2D eigenvalue weighted by Gasteiger charge is -2.02. The fraction of sp³-hybridized carbons (Fsp3) is 0. The van der Waals surface area contributed by atoms with Gasteiger partial charge in [-0.15, -0.1) is 0 Å². The second-order valence-corrected chi connectivity index (χ2v) is 3.14. The molecular formula is C11H8FN3O2. The van der Waals surface area contributed by atoms with Gasteiger partial charge in [0, 0.05) is 0 Å². The summed E-state index contributed by atoms with van der Waals surface area (Å²) in [5.41, 5.74) is 5.56. The van der Waals surface area contributed by atoms with Crippen molar-refractivity contribution in [2.24, 2.45) is 0 Å². The molecule has 17 heavy (non-hydrogen) atoms. The third-order valence-corrected chi connectivity index (χ3v) is 1.94. The van der Waals surface area contributed by atoms with E-state index < -0.39 is 11.8 Å². The van der Waals surface area contributed by atoms with Crippen molar-refractivity contribution in [2.45, 2.75) is 0 Å². The van der Waals surface area contributed by atoms with Crippen LogP contribution in [0.1, 0.15) is 10.4 Å². The van der Waals surface area contributed by atoms with Crippen LogP contribution < -0.4 is 10.5 Å². The van der Waals surface area contributed by atoms with Crippen LogP contribution in [0.5, 0.6) is 6.01 Å². The number of carbonyl (C=O) groups is 1. The highest BCUT2D eigenvalue weighted by molar-refractivity contribution is 5.90. The molecule has 5 nitrogen and oxygen atoms in total. The molecule has 1 aromatic carbocycles. The molecule has 6 heteroatoms. The van der Waals surface area contributed by atoms with Crippen molar-refractivity contribution in [1.29, 1.82) is 0 Å². The smallest absolute Gasteiger partial charge is 0.345 e. The Bertz CT molecular complexity index is 546. The summed E-state index contributed by atoms with van der Waals surface area (Å²) in [6.07, 6.45) is 0.843. The first kappa shape index (κ1) is 11.0. The summed E-state index contributed by atoms with van der Waals surface area (Å²) in [5.74, 6) is -1.75. The normalized spacial score (nSPS) is 9.94. The first-order valence-electron chi connectivity index (χ1n) is 4.72. The Labute approximate surface area is 96.1 Å². The van der Waals surface area contributed by atoms with Crippen molar-refractivity contribution in [2.75, 3.05) is 5.73 Å². The first-order chi connectivity index (χ1) is 8.16. The number of carbonyl (C=O) groups excluding carboxylic acids is 1. The molecule has 0 spiro atoms. The summed E-state index contributed by atoms with van der Waals surface area (Å²) in [5, 5.41) is 0. The van der Waals surface area contributed by atoms with E-state index >= 15 is 0 Å². The van der Waals surface area contributed by atoms with Crippen LogP contribution in [0.25, 0.3) is 0 Å². The van der Waals surface area contributed by atoms with Crippen molar-refractivity contribution in [3.8, 4) is 6.01 Å². The minimum absolute atomic E-state index is 0.280. The van der Waals surface area contributed by atoms with Gasteiger partial charge in [-0.2, -0.15) is 4.98 Å². The maximum Gasteiger partial charge on any atom is 0.345 e. The highest BCUT2D eigenvalue weighted by Gasteiger charge is 2.11. The van der Waals surface area contributed by atoms with Crippen LogP contribution in [0.15, 0.2) is 36.5 Å². The molecule has 86 valence electrons. The molecule has 0 unspecified atom stereocenters. The van der Waals surface area contributed by atoms with Crippen LogP contribution in [0.3, 0.4) is 0 Å². The van der Waals surface area contributed by atoms with Crippen LogP contribution in [0.4, 0.5) is 10.2 Å². The molecule has 2 N–H and O–H groups in total. The molecule has 2 aromatic rings. The van der Waals surface area contributed by atoms with Gasteiger partial charge in [-0.25, -0.2) is 14.2 Å². The summed E-state index contributed by atoms with van der Waals surface area (Å²) in [7, 11) is 0. The Morgan fingerprint density at radius 2 is 2.00 bits per heavy atom. The number of anilines is 1. The average molecular weight is 233 g/mol. The molecule has 0 bridgehead atoms. The van der Waals surface area contributed by atoms with Crippen LogP contribution in [-0.4, -0.2) is 15.9 Å². The first-order valence-corrected chi connectivity index (χ1v) is 4.72. The fourth-order valence-electron chi connectivity index (χ4n) is 1.13. The van der Waals surface area contributed by atoms with Gasteiger partial charge in [-0.3, -0.25) is 0 Å². The molecule has 0 aliphatic carbocycles. The van der Waals surface area contributed by atoms with E-state index in [1.807, 2.05) is 0 Å². The van der Waals surface area contributed by atoms with Gasteiger partial charge in [0.2, 0.25) is 0 Å². The maximum absolute atomic E-state index is 12.8. The van der Waals surface area contributed by atoms with E-state index in [2.05, 4.69) is 9.97 Å². The Kier molecular flexibility index (Phi) is 2.95. The van der Waals surface area contributed by atoms with Crippen molar-refractivity contribution in [3.63, 3.8) is 0 Å². The molecular weight excluding hydrogens is 225 g/mol. The molecule has 0 saturated carbocycles. The minimum Gasteiger partial charge on any atom is -0.387 e. The SMILES string of the molecule is Nc1nc(OC(=O)c2ccccc2)ncc1F. The maximum atomic E-state index is 12.8. The van der Waals surface area contributed by atoms with Gasteiger partial charge in [0.15, 0.2) is 11.6 Å². The lowest BCUT2D eigenvalue weighted by Crippen LogP contribution is -2.11. The van der Waals surface area contributed by atoms with Crippen molar-refractivity contribution < 1.29 is 13.9 Å².